The van der Waals surface area contributed by atoms with Gasteiger partial charge in [0.15, 0.2) is 6.10 Å². The number of carbonyl (C=O) groups is 2. The standard InChI is InChI=1S/C44H30O4/c45-43(48-42(31-13-6-2-7-14-31)32-15-8-3-9-16-32)33-20-19-30-21-22-35-37-23-25-38-34(36(37)24-26-39(35)41(30)27-33)17-10-18-40(38)44(46)47-28-29-11-4-1-5-12-29/h1-27,42H,28H2. The van der Waals surface area contributed by atoms with Crippen molar-refractivity contribution in [3.63, 3.8) is 0 Å². The highest BCUT2D eigenvalue weighted by molar-refractivity contribution is 6.24. The van der Waals surface area contributed by atoms with Gasteiger partial charge in [0.1, 0.15) is 6.61 Å². The molecule has 230 valence electrons. The molecule has 8 aromatic carbocycles. The molecule has 0 heterocycles. The van der Waals surface area contributed by atoms with Crippen molar-refractivity contribution in [2.75, 3.05) is 0 Å². The smallest absolute Gasteiger partial charge is 0.339 e. The Labute approximate surface area is 277 Å². The van der Waals surface area contributed by atoms with E-state index in [0.29, 0.717) is 11.1 Å². The molecule has 0 aliphatic carbocycles. The molecule has 0 fully saturated rings. The van der Waals surface area contributed by atoms with E-state index in [4.69, 9.17) is 9.47 Å². The maximum Gasteiger partial charge on any atom is 0.339 e. The fraction of sp³-hybridized carbons (Fsp3) is 0.0455. The molecule has 0 aromatic heterocycles. The molecule has 4 heteroatoms. The Balaban J connectivity index is 1.16. The summed E-state index contributed by atoms with van der Waals surface area (Å²) >= 11 is 0. The number of carbonyl (C=O) groups excluding carboxylic acids is 2. The van der Waals surface area contributed by atoms with Gasteiger partial charge >= 0.3 is 11.9 Å². The molecule has 0 N–H and O–H groups in total. The topological polar surface area (TPSA) is 52.6 Å². The van der Waals surface area contributed by atoms with Crippen LogP contribution >= 0.6 is 0 Å². The molecule has 48 heavy (non-hydrogen) atoms. The molecule has 0 unspecified atom stereocenters. The van der Waals surface area contributed by atoms with Gasteiger partial charge < -0.3 is 9.47 Å². The molecule has 0 bridgehead atoms. The summed E-state index contributed by atoms with van der Waals surface area (Å²) in [6.07, 6.45) is -0.527. The Kier molecular flexibility index (Phi) is 7.60. The molecule has 0 saturated carbocycles. The largest absolute Gasteiger partial charge is 0.457 e. The third kappa shape index (κ3) is 5.44. The van der Waals surface area contributed by atoms with E-state index in [-0.39, 0.29) is 18.5 Å². The lowest BCUT2D eigenvalue weighted by molar-refractivity contribution is 0.0377. The number of rotatable bonds is 7. The predicted molar refractivity (Wildman–Crippen MR) is 192 cm³/mol. The van der Waals surface area contributed by atoms with Crippen molar-refractivity contribution in [1.29, 1.82) is 0 Å². The Bertz CT molecular complexity index is 2410. The Morgan fingerprint density at radius 2 is 0.979 bits per heavy atom. The Morgan fingerprint density at radius 1 is 0.458 bits per heavy atom. The van der Waals surface area contributed by atoms with Crippen LogP contribution in [0.3, 0.4) is 0 Å². The first-order valence-electron chi connectivity index (χ1n) is 16.0. The van der Waals surface area contributed by atoms with Gasteiger partial charge in [-0.1, -0.05) is 146 Å². The maximum absolute atomic E-state index is 13.7. The lowest BCUT2D eigenvalue weighted by atomic mass is 9.92. The van der Waals surface area contributed by atoms with Crippen LogP contribution in [-0.2, 0) is 16.1 Å². The minimum absolute atomic E-state index is 0.218. The van der Waals surface area contributed by atoms with Gasteiger partial charge in [-0.15, -0.1) is 0 Å². The molecule has 0 spiro atoms. The van der Waals surface area contributed by atoms with Gasteiger partial charge in [-0.3, -0.25) is 0 Å². The first-order valence-corrected chi connectivity index (χ1v) is 16.0. The average molecular weight is 623 g/mol. The fourth-order valence-electron chi connectivity index (χ4n) is 6.58. The van der Waals surface area contributed by atoms with Crippen LogP contribution in [0.5, 0.6) is 0 Å². The average Bonchev–Trinajstić information content (AvgIpc) is 3.16. The first kappa shape index (κ1) is 29.2. The summed E-state index contributed by atoms with van der Waals surface area (Å²) in [5.41, 5.74) is 3.79. The number of benzene rings is 8. The molecule has 0 aliphatic rings. The van der Waals surface area contributed by atoms with Gasteiger partial charge in [-0.25, -0.2) is 9.59 Å². The van der Waals surface area contributed by atoms with Gasteiger partial charge in [0.2, 0.25) is 0 Å². The summed E-state index contributed by atoms with van der Waals surface area (Å²) < 4.78 is 11.9. The zero-order valence-corrected chi connectivity index (χ0v) is 26.0. The minimum atomic E-state index is -0.527. The van der Waals surface area contributed by atoms with Crippen LogP contribution in [-0.4, -0.2) is 11.9 Å². The first-order chi connectivity index (χ1) is 23.6. The highest BCUT2D eigenvalue weighted by Gasteiger charge is 2.21. The fourth-order valence-corrected chi connectivity index (χ4v) is 6.58. The van der Waals surface area contributed by atoms with Crippen LogP contribution in [0.15, 0.2) is 164 Å². The molecule has 0 aliphatic heterocycles. The zero-order chi connectivity index (χ0) is 32.5. The summed E-state index contributed by atoms with van der Waals surface area (Å²) in [5, 5.41) is 8.04. The maximum atomic E-state index is 13.7. The molecule has 8 rings (SSSR count). The number of ether oxygens (including phenoxy) is 2. The van der Waals surface area contributed by atoms with Crippen molar-refractivity contribution in [3.8, 4) is 0 Å². The van der Waals surface area contributed by atoms with E-state index in [1.165, 1.54) is 0 Å². The van der Waals surface area contributed by atoms with Crippen LogP contribution in [0.2, 0.25) is 0 Å². The number of hydrogen-bond acceptors (Lipinski definition) is 4. The van der Waals surface area contributed by atoms with Crippen molar-refractivity contribution in [3.05, 3.63) is 192 Å². The second kappa shape index (κ2) is 12.5. The van der Waals surface area contributed by atoms with E-state index in [9.17, 15) is 9.59 Å². The molecule has 0 atom stereocenters. The molecule has 0 radical (unpaired) electrons. The summed E-state index contributed by atoms with van der Waals surface area (Å²) in [5.74, 6) is -0.734. The minimum Gasteiger partial charge on any atom is -0.457 e. The third-order valence-corrected chi connectivity index (χ3v) is 8.97. The Hall–Kier alpha value is -6.26. The van der Waals surface area contributed by atoms with Crippen molar-refractivity contribution in [2.24, 2.45) is 0 Å². The zero-order valence-electron chi connectivity index (χ0n) is 26.0. The second-order valence-electron chi connectivity index (χ2n) is 11.9. The van der Waals surface area contributed by atoms with Crippen LogP contribution in [0.25, 0.3) is 43.1 Å². The van der Waals surface area contributed by atoms with E-state index in [1.807, 2.05) is 133 Å². The SMILES string of the molecule is O=C(OC(c1ccccc1)c1ccccc1)c1ccc2ccc3c(ccc4c5cccc(C(=O)OCc6ccccc6)c5ccc43)c2c1. The van der Waals surface area contributed by atoms with Gasteiger partial charge in [0.25, 0.3) is 0 Å². The van der Waals surface area contributed by atoms with Crippen LogP contribution < -0.4 is 0 Å². The van der Waals surface area contributed by atoms with Crippen LogP contribution in [0.1, 0.15) is 43.5 Å². The van der Waals surface area contributed by atoms with E-state index >= 15 is 0 Å². The van der Waals surface area contributed by atoms with Gasteiger partial charge in [0, 0.05) is 0 Å². The van der Waals surface area contributed by atoms with Crippen molar-refractivity contribution < 1.29 is 19.1 Å². The molecule has 0 saturated heterocycles. The van der Waals surface area contributed by atoms with Gasteiger partial charge in [-0.05, 0) is 78.0 Å². The van der Waals surface area contributed by atoms with Gasteiger partial charge in [0.05, 0.1) is 11.1 Å². The van der Waals surface area contributed by atoms with E-state index in [1.54, 1.807) is 0 Å². The predicted octanol–water partition coefficient (Wildman–Crippen LogP) is 10.6. The normalized spacial score (nSPS) is 11.4. The molecular formula is C44H30O4. The molecule has 8 aromatic rings. The third-order valence-electron chi connectivity index (χ3n) is 8.97. The van der Waals surface area contributed by atoms with E-state index in [2.05, 4.69) is 30.3 Å². The Morgan fingerprint density at radius 3 is 1.62 bits per heavy atom. The number of esters is 2. The quantitative estimate of drug-likeness (QED) is 0.131. The van der Waals surface area contributed by atoms with Gasteiger partial charge in [-0.2, -0.15) is 0 Å². The van der Waals surface area contributed by atoms with Crippen molar-refractivity contribution in [1.82, 2.24) is 0 Å². The van der Waals surface area contributed by atoms with Crippen molar-refractivity contribution in [2.45, 2.75) is 12.7 Å². The lowest BCUT2D eigenvalue weighted by Gasteiger charge is -2.19. The number of hydrogen-bond donors (Lipinski definition) is 0. The molecular weight excluding hydrogens is 592 g/mol. The summed E-state index contributed by atoms with van der Waals surface area (Å²) in [6, 6.07) is 53.3. The number of fused-ring (bicyclic) bond motifs is 7. The van der Waals surface area contributed by atoms with E-state index in [0.717, 1.165) is 59.8 Å². The van der Waals surface area contributed by atoms with Crippen LogP contribution in [0, 0.1) is 0 Å². The van der Waals surface area contributed by atoms with Crippen molar-refractivity contribution >= 4 is 55.0 Å². The van der Waals surface area contributed by atoms with Crippen LogP contribution in [0.4, 0.5) is 0 Å². The summed E-state index contributed by atoms with van der Waals surface area (Å²) in [6.45, 7) is 0.218. The molecule has 0 amide bonds. The summed E-state index contributed by atoms with van der Waals surface area (Å²) in [4.78, 5) is 26.9. The summed E-state index contributed by atoms with van der Waals surface area (Å²) in [7, 11) is 0. The highest BCUT2D eigenvalue weighted by Crippen LogP contribution is 2.36. The second-order valence-corrected chi connectivity index (χ2v) is 11.9. The lowest BCUT2D eigenvalue weighted by Crippen LogP contribution is -2.13. The van der Waals surface area contributed by atoms with E-state index < -0.39 is 6.10 Å². The monoisotopic (exact) mass is 622 g/mol. The highest BCUT2D eigenvalue weighted by atomic mass is 16.5. The molecule has 4 nitrogen and oxygen atoms in total.